The van der Waals surface area contributed by atoms with E-state index in [0.717, 1.165) is 11.5 Å². The van der Waals surface area contributed by atoms with Crippen molar-refractivity contribution in [3.63, 3.8) is 0 Å². The lowest BCUT2D eigenvalue weighted by molar-refractivity contribution is 0.0998. The Morgan fingerprint density at radius 1 is 1.35 bits per heavy atom. The van der Waals surface area contributed by atoms with E-state index >= 15 is 0 Å². The van der Waals surface area contributed by atoms with Gasteiger partial charge >= 0.3 is 0 Å². The van der Waals surface area contributed by atoms with Gasteiger partial charge in [-0.15, -0.1) is 10.2 Å². The van der Waals surface area contributed by atoms with Gasteiger partial charge in [-0.25, -0.2) is 0 Å². The Labute approximate surface area is 133 Å². The average Bonchev–Trinajstić information content (AvgIpc) is 2.97. The molecule has 0 aliphatic heterocycles. The lowest BCUT2D eigenvalue weighted by Crippen LogP contribution is -2.10. The van der Waals surface area contributed by atoms with Crippen LogP contribution in [0, 0.1) is 11.3 Å². The van der Waals surface area contributed by atoms with E-state index in [1.165, 1.54) is 24.4 Å². The fourth-order valence-corrected chi connectivity index (χ4v) is 2.59. The van der Waals surface area contributed by atoms with Crippen LogP contribution in [0.3, 0.4) is 0 Å². The monoisotopic (exact) mass is 324 g/mol. The van der Waals surface area contributed by atoms with Gasteiger partial charge in [0.1, 0.15) is 17.3 Å². The number of nitrogens with two attached hydrogens (primary N) is 1. The summed E-state index contributed by atoms with van der Waals surface area (Å²) in [6, 6.07) is 6.16. The SMILES string of the molecule is N#Cc1cncc2c(/N=N/c3ccc(O)c(C(N)=O)c3)snc12. The standard InChI is InChI=1S/C14H8N6O2S/c15-4-7-5-17-6-10-12(7)20-23-14(10)19-18-8-1-2-11(21)9(3-8)13(16)22/h1-3,5-6,21H,(H2,16,22)/b19-18+. The number of rotatable bonds is 3. The quantitative estimate of drug-likeness (QED) is 0.713. The first-order chi connectivity index (χ1) is 11.1. The molecule has 112 valence electrons. The van der Waals surface area contributed by atoms with Crippen LogP contribution < -0.4 is 5.73 Å². The molecule has 0 bridgehead atoms. The van der Waals surface area contributed by atoms with Crippen LogP contribution in [0.15, 0.2) is 40.8 Å². The van der Waals surface area contributed by atoms with Crippen molar-refractivity contribution in [1.82, 2.24) is 9.36 Å². The Morgan fingerprint density at radius 2 is 2.17 bits per heavy atom. The number of nitriles is 1. The van der Waals surface area contributed by atoms with Gasteiger partial charge in [0.15, 0.2) is 5.00 Å². The molecule has 23 heavy (non-hydrogen) atoms. The molecule has 0 fully saturated rings. The summed E-state index contributed by atoms with van der Waals surface area (Å²) in [5, 5.41) is 27.7. The molecule has 1 amide bonds. The van der Waals surface area contributed by atoms with E-state index in [1.807, 2.05) is 6.07 Å². The van der Waals surface area contributed by atoms with E-state index < -0.39 is 5.91 Å². The summed E-state index contributed by atoms with van der Waals surface area (Å²) >= 11 is 1.08. The minimum atomic E-state index is -0.759. The molecule has 3 N–H and O–H groups in total. The van der Waals surface area contributed by atoms with E-state index in [-0.39, 0.29) is 11.3 Å². The fourth-order valence-electron chi connectivity index (χ4n) is 1.89. The molecule has 9 heteroatoms. The Balaban J connectivity index is 2.00. The van der Waals surface area contributed by atoms with Crippen molar-refractivity contribution in [2.24, 2.45) is 16.0 Å². The summed E-state index contributed by atoms with van der Waals surface area (Å²) in [7, 11) is 0. The third kappa shape index (κ3) is 2.70. The lowest BCUT2D eigenvalue weighted by atomic mass is 10.2. The highest BCUT2D eigenvalue weighted by molar-refractivity contribution is 7.11. The van der Waals surface area contributed by atoms with Crippen LogP contribution in [0.1, 0.15) is 15.9 Å². The molecule has 0 aliphatic rings. The molecular weight excluding hydrogens is 316 g/mol. The number of aromatic nitrogens is 2. The first-order valence-corrected chi connectivity index (χ1v) is 7.05. The van der Waals surface area contributed by atoms with Gasteiger partial charge in [0.25, 0.3) is 5.91 Å². The summed E-state index contributed by atoms with van der Waals surface area (Å²) in [5.41, 5.74) is 6.35. The number of primary amides is 1. The molecule has 3 aromatic rings. The zero-order valence-corrected chi connectivity index (χ0v) is 12.3. The molecule has 2 aromatic heterocycles. The number of pyridine rings is 1. The van der Waals surface area contributed by atoms with Crippen LogP contribution in [-0.4, -0.2) is 20.4 Å². The third-order valence-corrected chi connectivity index (χ3v) is 3.74. The number of amides is 1. The maximum absolute atomic E-state index is 11.2. The highest BCUT2D eigenvalue weighted by Gasteiger charge is 2.11. The number of aromatic hydroxyl groups is 1. The van der Waals surface area contributed by atoms with Gasteiger partial charge in [-0.3, -0.25) is 9.78 Å². The van der Waals surface area contributed by atoms with Crippen molar-refractivity contribution in [3.05, 3.63) is 41.7 Å². The summed E-state index contributed by atoms with van der Waals surface area (Å²) in [4.78, 5) is 15.2. The van der Waals surface area contributed by atoms with Crippen LogP contribution in [0.25, 0.3) is 10.9 Å². The zero-order chi connectivity index (χ0) is 16.4. The average molecular weight is 324 g/mol. The Kier molecular flexibility index (Phi) is 3.66. The van der Waals surface area contributed by atoms with Gasteiger partial charge in [-0.2, -0.15) is 9.64 Å². The van der Waals surface area contributed by atoms with E-state index in [1.54, 1.807) is 6.20 Å². The summed E-state index contributed by atoms with van der Waals surface area (Å²) in [6.45, 7) is 0. The Bertz CT molecular complexity index is 989. The number of nitrogens with zero attached hydrogens (tertiary/aromatic N) is 5. The normalized spacial score (nSPS) is 10.9. The van der Waals surface area contributed by atoms with Crippen molar-refractivity contribution < 1.29 is 9.90 Å². The first-order valence-electron chi connectivity index (χ1n) is 6.28. The molecule has 8 nitrogen and oxygen atoms in total. The molecule has 3 rings (SSSR count). The summed E-state index contributed by atoms with van der Waals surface area (Å²) < 4.78 is 4.17. The number of benzene rings is 1. The van der Waals surface area contributed by atoms with Crippen molar-refractivity contribution >= 4 is 39.0 Å². The van der Waals surface area contributed by atoms with Gasteiger partial charge in [-0.1, -0.05) is 0 Å². The van der Waals surface area contributed by atoms with Gasteiger partial charge in [0.05, 0.1) is 22.2 Å². The molecule has 0 spiro atoms. The number of hydrogen-bond donors (Lipinski definition) is 2. The molecular formula is C14H8N6O2S. The van der Waals surface area contributed by atoms with E-state index in [0.29, 0.717) is 27.2 Å². The number of azo groups is 1. The number of carbonyl (C=O) groups excluding carboxylic acids is 1. The largest absolute Gasteiger partial charge is 0.507 e. The third-order valence-electron chi connectivity index (χ3n) is 2.99. The number of carbonyl (C=O) groups is 1. The molecule has 0 saturated carbocycles. The van der Waals surface area contributed by atoms with E-state index in [2.05, 4.69) is 19.6 Å². The Hall–Kier alpha value is -3.38. The van der Waals surface area contributed by atoms with Gasteiger partial charge < -0.3 is 10.8 Å². The molecule has 0 aliphatic carbocycles. The van der Waals surface area contributed by atoms with E-state index in [4.69, 9.17) is 11.0 Å². The van der Waals surface area contributed by atoms with Crippen LogP contribution >= 0.6 is 11.5 Å². The number of phenols is 1. The van der Waals surface area contributed by atoms with Gasteiger partial charge in [0.2, 0.25) is 0 Å². The molecule has 0 radical (unpaired) electrons. The fraction of sp³-hybridized carbons (Fsp3) is 0. The van der Waals surface area contributed by atoms with Crippen molar-refractivity contribution in [2.75, 3.05) is 0 Å². The van der Waals surface area contributed by atoms with Crippen LogP contribution in [0.4, 0.5) is 10.7 Å². The van der Waals surface area contributed by atoms with Crippen LogP contribution in [0.5, 0.6) is 5.75 Å². The van der Waals surface area contributed by atoms with Crippen molar-refractivity contribution in [1.29, 1.82) is 5.26 Å². The van der Waals surface area contributed by atoms with E-state index in [9.17, 15) is 9.90 Å². The second-order valence-corrected chi connectivity index (χ2v) is 5.20. The smallest absolute Gasteiger partial charge is 0.252 e. The maximum atomic E-state index is 11.2. The lowest BCUT2D eigenvalue weighted by Gasteiger charge is -2.00. The van der Waals surface area contributed by atoms with Gasteiger partial charge in [-0.05, 0) is 29.7 Å². The van der Waals surface area contributed by atoms with Crippen LogP contribution in [-0.2, 0) is 0 Å². The topological polar surface area (TPSA) is 138 Å². The molecule has 1 aromatic carbocycles. The minimum Gasteiger partial charge on any atom is -0.507 e. The Morgan fingerprint density at radius 3 is 2.91 bits per heavy atom. The predicted molar refractivity (Wildman–Crippen MR) is 82.9 cm³/mol. The summed E-state index contributed by atoms with van der Waals surface area (Å²) in [5.74, 6) is -0.979. The second kappa shape index (κ2) is 5.78. The summed E-state index contributed by atoms with van der Waals surface area (Å²) in [6.07, 6.45) is 2.99. The van der Waals surface area contributed by atoms with Crippen molar-refractivity contribution in [3.8, 4) is 11.8 Å². The predicted octanol–water partition coefficient (Wildman–Crippen LogP) is 2.78. The highest BCUT2D eigenvalue weighted by atomic mass is 32.1. The maximum Gasteiger partial charge on any atom is 0.252 e. The molecule has 0 saturated heterocycles. The molecule has 2 heterocycles. The zero-order valence-electron chi connectivity index (χ0n) is 11.5. The second-order valence-electron chi connectivity index (χ2n) is 4.45. The number of fused-ring (bicyclic) bond motifs is 1. The molecule has 0 unspecified atom stereocenters. The van der Waals surface area contributed by atoms with Crippen LogP contribution in [0.2, 0.25) is 0 Å². The molecule has 0 atom stereocenters. The minimum absolute atomic E-state index is 0.0379. The highest BCUT2D eigenvalue weighted by Crippen LogP contribution is 2.33. The number of hydrogen-bond acceptors (Lipinski definition) is 8. The first kappa shape index (κ1) is 14.6. The van der Waals surface area contributed by atoms with Gasteiger partial charge in [0, 0.05) is 12.4 Å². The van der Waals surface area contributed by atoms with Crippen molar-refractivity contribution in [2.45, 2.75) is 0 Å².